The lowest BCUT2D eigenvalue weighted by molar-refractivity contribution is 0.270. The van der Waals surface area contributed by atoms with E-state index >= 15 is 0 Å². The summed E-state index contributed by atoms with van der Waals surface area (Å²) in [4.78, 5) is 9.74. The number of likely N-dealkylation sites (N-methyl/N-ethyl adjacent to an activating group) is 1. The van der Waals surface area contributed by atoms with Crippen LogP contribution < -0.4 is 5.32 Å². The molecule has 2 aliphatic rings. The summed E-state index contributed by atoms with van der Waals surface area (Å²) in [6, 6.07) is 0.579. The molecule has 24 heavy (non-hydrogen) atoms. The third-order valence-electron chi connectivity index (χ3n) is 5.28. The molecule has 0 bridgehead atoms. The van der Waals surface area contributed by atoms with Gasteiger partial charge in [0, 0.05) is 44.8 Å². The molecule has 1 N–H and O–H groups in total. The van der Waals surface area contributed by atoms with Crippen LogP contribution in [-0.2, 0) is 7.05 Å². The molecule has 134 valence electrons. The molecular formula is C18H32N6. The van der Waals surface area contributed by atoms with Gasteiger partial charge in [-0.3, -0.25) is 9.67 Å². The molecule has 0 amide bonds. The normalized spacial score (nSPS) is 23.1. The van der Waals surface area contributed by atoms with Crippen LogP contribution in [0, 0.1) is 5.92 Å². The Hall–Kier alpha value is -1.56. The first-order valence-electron chi connectivity index (χ1n) is 9.26. The highest BCUT2D eigenvalue weighted by molar-refractivity contribution is 5.80. The van der Waals surface area contributed by atoms with Crippen molar-refractivity contribution < 1.29 is 0 Å². The van der Waals surface area contributed by atoms with Crippen molar-refractivity contribution in [3.8, 4) is 0 Å². The lowest BCUT2D eigenvalue weighted by Gasteiger charge is -2.25. The fourth-order valence-electron chi connectivity index (χ4n) is 3.70. The summed E-state index contributed by atoms with van der Waals surface area (Å²) >= 11 is 0. The van der Waals surface area contributed by atoms with E-state index in [2.05, 4.69) is 47.4 Å². The summed E-state index contributed by atoms with van der Waals surface area (Å²) in [5.41, 5.74) is 1.35. The number of nitrogens with one attached hydrogen (secondary N) is 1. The first kappa shape index (κ1) is 17.3. The van der Waals surface area contributed by atoms with Crippen LogP contribution in [0.25, 0.3) is 0 Å². The van der Waals surface area contributed by atoms with Crippen LogP contribution in [0.5, 0.6) is 0 Å². The Kier molecular flexibility index (Phi) is 5.43. The predicted octanol–water partition coefficient (Wildman–Crippen LogP) is 1.52. The third kappa shape index (κ3) is 4.09. The van der Waals surface area contributed by atoms with E-state index in [9.17, 15) is 0 Å². The maximum absolute atomic E-state index is 4.98. The van der Waals surface area contributed by atoms with Crippen LogP contribution in [-0.4, -0.2) is 71.9 Å². The zero-order chi connectivity index (χ0) is 17.1. The standard InChI is InChI=1S/C18H32N6/c1-5-19-18(20-11-17(22(2)3)14-6-7-14)24-9-8-15(13-24)16-10-21-23(4)12-16/h10,12,14-15,17H,5-9,11,13H2,1-4H3,(H,19,20). The maximum Gasteiger partial charge on any atom is 0.193 e. The van der Waals surface area contributed by atoms with E-state index in [4.69, 9.17) is 4.99 Å². The number of hydrogen-bond acceptors (Lipinski definition) is 3. The van der Waals surface area contributed by atoms with E-state index in [-0.39, 0.29) is 0 Å². The SMILES string of the molecule is CCNC(=NCC(C1CC1)N(C)C)N1CCC(c2cnn(C)c2)C1. The van der Waals surface area contributed by atoms with E-state index < -0.39 is 0 Å². The number of guanidine groups is 1. The molecule has 1 aliphatic carbocycles. The Morgan fingerprint density at radius 3 is 2.79 bits per heavy atom. The van der Waals surface area contributed by atoms with Gasteiger partial charge in [0.25, 0.3) is 0 Å². The predicted molar refractivity (Wildman–Crippen MR) is 98.3 cm³/mol. The van der Waals surface area contributed by atoms with Crippen LogP contribution in [0.1, 0.15) is 37.7 Å². The minimum atomic E-state index is 0.565. The Labute approximate surface area is 145 Å². The van der Waals surface area contributed by atoms with Gasteiger partial charge in [-0.2, -0.15) is 5.10 Å². The minimum absolute atomic E-state index is 0.565. The summed E-state index contributed by atoms with van der Waals surface area (Å²) in [6.07, 6.45) is 8.06. The molecule has 6 nitrogen and oxygen atoms in total. The molecular weight excluding hydrogens is 300 g/mol. The fraction of sp³-hybridized carbons (Fsp3) is 0.778. The van der Waals surface area contributed by atoms with Crippen molar-refractivity contribution in [2.75, 3.05) is 40.3 Å². The smallest absolute Gasteiger partial charge is 0.193 e. The van der Waals surface area contributed by atoms with Gasteiger partial charge in [0.2, 0.25) is 0 Å². The van der Waals surface area contributed by atoms with E-state index in [1.807, 2.05) is 17.9 Å². The van der Waals surface area contributed by atoms with Gasteiger partial charge in [0.1, 0.15) is 0 Å². The number of aryl methyl sites for hydroxylation is 1. The molecule has 3 rings (SSSR count). The Balaban J connectivity index is 1.63. The zero-order valence-electron chi connectivity index (χ0n) is 15.6. The highest BCUT2D eigenvalue weighted by atomic mass is 15.3. The second-order valence-corrected chi connectivity index (χ2v) is 7.44. The molecule has 0 radical (unpaired) electrons. The number of aliphatic imine (C=N–C) groups is 1. The van der Waals surface area contributed by atoms with Gasteiger partial charge in [-0.05, 0) is 51.8 Å². The summed E-state index contributed by atoms with van der Waals surface area (Å²) < 4.78 is 1.90. The highest BCUT2D eigenvalue weighted by Crippen LogP contribution is 2.34. The summed E-state index contributed by atoms with van der Waals surface area (Å²) in [5, 5.41) is 7.81. The van der Waals surface area contributed by atoms with Gasteiger partial charge in [0.05, 0.1) is 12.7 Å². The van der Waals surface area contributed by atoms with E-state index in [0.29, 0.717) is 12.0 Å². The molecule has 0 spiro atoms. The lowest BCUT2D eigenvalue weighted by Crippen LogP contribution is -2.41. The second-order valence-electron chi connectivity index (χ2n) is 7.44. The molecule has 1 saturated heterocycles. The van der Waals surface area contributed by atoms with Crippen LogP contribution in [0.15, 0.2) is 17.4 Å². The largest absolute Gasteiger partial charge is 0.357 e. The van der Waals surface area contributed by atoms with Gasteiger partial charge in [0.15, 0.2) is 5.96 Å². The van der Waals surface area contributed by atoms with Crippen LogP contribution in [0.2, 0.25) is 0 Å². The van der Waals surface area contributed by atoms with E-state index in [1.54, 1.807) is 0 Å². The Bertz CT molecular complexity index is 558. The first-order chi connectivity index (χ1) is 11.6. The van der Waals surface area contributed by atoms with Crippen molar-refractivity contribution in [1.29, 1.82) is 0 Å². The number of nitrogens with zero attached hydrogens (tertiary/aromatic N) is 5. The average Bonchev–Trinajstić information content (AvgIpc) is 3.08. The number of likely N-dealkylation sites (tertiary alicyclic amines) is 1. The summed E-state index contributed by atoms with van der Waals surface area (Å²) in [5.74, 6) is 2.49. The van der Waals surface area contributed by atoms with Crippen molar-refractivity contribution in [2.45, 2.75) is 38.1 Å². The molecule has 1 aromatic heterocycles. The van der Waals surface area contributed by atoms with Gasteiger partial charge in [-0.25, -0.2) is 0 Å². The molecule has 2 heterocycles. The molecule has 1 aliphatic heterocycles. The number of aromatic nitrogens is 2. The average molecular weight is 332 g/mol. The second kappa shape index (κ2) is 7.55. The number of rotatable bonds is 6. The monoisotopic (exact) mass is 332 g/mol. The quantitative estimate of drug-likeness (QED) is 0.634. The molecule has 1 saturated carbocycles. The number of hydrogen-bond donors (Lipinski definition) is 1. The van der Waals surface area contributed by atoms with Gasteiger partial charge in [-0.15, -0.1) is 0 Å². The van der Waals surface area contributed by atoms with Crippen LogP contribution in [0.4, 0.5) is 0 Å². The zero-order valence-corrected chi connectivity index (χ0v) is 15.6. The van der Waals surface area contributed by atoms with Crippen molar-refractivity contribution in [1.82, 2.24) is 24.9 Å². The van der Waals surface area contributed by atoms with Gasteiger partial charge in [-0.1, -0.05) is 0 Å². The highest BCUT2D eigenvalue weighted by Gasteiger charge is 2.33. The van der Waals surface area contributed by atoms with Crippen molar-refractivity contribution in [2.24, 2.45) is 18.0 Å². The van der Waals surface area contributed by atoms with Crippen molar-refractivity contribution in [3.63, 3.8) is 0 Å². The lowest BCUT2D eigenvalue weighted by atomic mass is 10.0. The molecule has 2 atom stereocenters. The molecule has 6 heteroatoms. The maximum atomic E-state index is 4.98. The first-order valence-corrected chi connectivity index (χ1v) is 9.26. The van der Waals surface area contributed by atoms with E-state index in [1.165, 1.54) is 24.8 Å². The topological polar surface area (TPSA) is 48.7 Å². The van der Waals surface area contributed by atoms with E-state index in [0.717, 1.165) is 38.1 Å². The third-order valence-corrected chi connectivity index (χ3v) is 5.28. The molecule has 2 unspecified atom stereocenters. The van der Waals surface area contributed by atoms with Crippen LogP contribution >= 0.6 is 0 Å². The molecule has 0 aromatic carbocycles. The Morgan fingerprint density at radius 1 is 1.42 bits per heavy atom. The van der Waals surface area contributed by atoms with Gasteiger partial charge >= 0.3 is 0 Å². The molecule has 1 aromatic rings. The molecule has 2 fully saturated rings. The Morgan fingerprint density at radius 2 is 2.21 bits per heavy atom. The van der Waals surface area contributed by atoms with Crippen molar-refractivity contribution >= 4 is 5.96 Å². The summed E-state index contributed by atoms with van der Waals surface area (Å²) in [7, 11) is 6.35. The van der Waals surface area contributed by atoms with Crippen molar-refractivity contribution in [3.05, 3.63) is 18.0 Å². The fourth-order valence-corrected chi connectivity index (χ4v) is 3.70. The minimum Gasteiger partial charge on any atom is -0.357 e. The summed E-state index contributed by atoms with van der Waals surface area (Å²) in [6.45, 7) is 6.07. The van der Waals surface area contributed by atoms with Crippen LogP contribution in [0.3, 0.4) is 0 Å². The van der Waals surface area contributed by atoms with Gasteiger partial charge < -0.3 is 15.1 Å².